The van der Waals surface area contributed by atoms with Crippen molar-refractivity contribution in [3.63, 3.8) is 0 Å². The number of nitrogens with one attached hydrogen (secondary N) is 1. The van der Waals surface area contributed by atoms with E-state index >= 15 is 0 Å². The molecule has 0 bridgehead atoms. The van der Waals surface area contributed by atoms with Gasteiger partial charge in [0, 0.05) is 17.7 Å². The number of rotatable bonds is 2. The smallest absolute Gasteiger partial charge is 0.259 e. The van der Waals surface area contributed by atoms with Crippen molar-refractivity contribution in [1.29, 1.82) is 0 Å². The van der Waals surface area contributed by atoms with Gasteiger partial charge in [-0.2, -0.15) is 0 Å². The molecule has 21 heavy (non-hydrogen) atoms. The molecule has 1 aromatic rings. The molecule has 0 atom stereocenters. The summed E-state index contributed by atoms with van der Waals surface area (Å²) >= 11 is 0. The molecule has 0 radical (unpaired) electrons. The maximum atomic E-state index is 11.7. The van der Waals surface area contributed by atoms with Crippen molar-refractivity contribution in [2.75, 3.05) is 4.90 Å². The molecule has 2 aliphatic rings. The Morgan fingerprint density at radius 3 is 1.90 bits per heavy atom. The van der Waals surface area contributed by atoms with Crippen LogP contribution < -0.4 is 10.2 Å². The van der Waals surface area contributed by atoms with E-state index in [1.807, 2.05) is 0 Å². The minimum atomic E-state index is -0.444. The third-order valence-corrected chi connectivity index (χ3v) is 3.39. The van der Waals surface area contributed by atoms with Gasteiger partial charge in [0.15, 0.2) is 0 Å². The van der Waals surface area contributed by atoms with E-state index in [0.717, 1.165) is 4.90 Å². The van der Waals surface area contributed by atoms with Crippen molar-refractivity contribution < 1.29 is 19.2 Å². The monoisotopic (exact) mass is 282 g/mol. The number of hydrogen-bond donors (Lipinski definition) is 1. The first-order valence-corrected chi connectivity index (χ1v) is 6.22. The number of benzene rings is 1. The van der Waals surface area contributed by atoms with Gasteiger partial charge in [-0.15, -0.1) is 0 Å². The highest BCUT2D eigenvalue weighted by molar-refractivity contribution is 6.35. The third-order valence-electron chi connectivity index (χ3n) is 3.39. The van der Waals surface area contributed by atoms with E-state index in [-0.39, 0.29) is 0 Å². The third kappa shape index (κ3) is 1.97. The van der Waals surface area contributed by atoms with Gasteiger partial charge in [-0.3, -0.25) is 24.5 Å². The highest BCUT2D eigenvalue weighted by Gasteiger charge is 2.29. The Morgan fingerprint density at radius 1 is 0.857 bits per heavy atom. The maximum absolute atomic E-state index is 11.7. The SMILES string of the molecule is CC1=C(c2ccc(N3C(=O)C=CC3=O)cc2)C(=O)NC1=O. The number of carbonyl (C=O) groups is 4. The Labute approximate surface area is 119 Å². The Balaban J connectivity index is 1.96. The second kappa shape index (κ2) is 4.52. The summed E-state index contributed by atoms with van der Waals surface area (Å²) in [6.45, 7) is 1.57. The molecule has 6 heteroatoms. The number of imide groups is 2. The van der Waals surface area contributed by atoms with Crippen LogP contribution in [-0.2, 0) is 19.2 Å². The zero-order chi connectivity index (χ0) is 15.1. The van der Waals surface area contributed by atoms with Crippen LogP contribution in [0.15, 0.2) is 42.0 Å². The Bertz CT molecular complexity index is 738. The van der Waals surface area contributed by atoms with Gasteiger partial charge in [0.05, 0.1) is 11.3 Å². The predicted octanol–water partition coefficient (Wildman–Crippen LogP) is 0.546. The number of nitrogens with zero attached hydrogens (tertiary/aromatic N) is 1. The van der Waals surface area contributed by atoms with Gasteiger partial charge in [0.25, 0.3) is 23.6 Å². The number of carbonyl (C=O) groups excluding carboxylic acids is 4. The molecule has 104 valence electrons. The minimum absolute atomic E-state index is 0.309. The van der Waals surface area contributed by atoms with Crippen LogP contribution in [0.4, 0.5) is 5.69 Å². The summed E-state index contributed by atoms with van der Waals surface area (Å²) in [7, 11) is 0. The van der Waals surface area contributed by atoms with Gasteiger partial charge in [-0.25, -0.2) is 4.90 Å². The van der Waals surface area contributed by atoms with Gasteiger partial charge in [0.1, 0.15) is 0 Å². The molecule has 4 amide bonds. The van der Waals surface area contributed by atoms with Crippen molar-refractivity contribution in [3.8, 4) is 0 Å². The molecule has 0 unspecified atom stereocenters. The first kappa shape index (κ1) is 13.0. The molecule has 1 N–H and O–H groups in total. The molecule has 0 fully saturated rings. The standard InChI is InChI=1S/C15H10N2O4/c1-8-13(15(21)16-14(8)20)9-2-4-10(5-3-9)17-11(18)6-7-12(17)19/h2-7H,1H3,(H,16,20,21). The quantitative estimate of drug-likeness (QED) is 0.803. The van der Waals surface area contributed by atoms with Gasteiger partial charge >= 0.3 is 0 Å². The fraction of sp³-hybridized carbons (Fsp3) is 0.0667. The van der Waals surface area contributed by atoms with E-state index in [1.165, 1.54) is 12.2 Å². The van der Waals surface area contributed by atoms with Crippen LogP contribution in [0.5, 0.6) is 0 Å². The lowest BCUT2D eigenvalue weighted by Gasteiger charge is -2.14. The summed E-state index contributed by atoms with van der Waals surface area (Å²) < 4.78 is 0. The fourth-order valence-corrected chi connectivity index (χ4v) is 2.32. The first-order chi connectivity index (χ1) is 9.99. The normalized spacial score (nSPS) is 18.0. The van der Waals surface area contributed by atoms with E-state index < -0.39 is 23.6 Å². The summed E-state index contributed by atoms with van der Waals surface area (Å²) in [6.07, 6.45) is 2.40. The Kier molecular flexibility index (Phi) is 2.79. The van der Waals surface area contributed by atoms with E-state index in [2.05, 4.69) is 5.32 Å². The van der Waals surface area contributed by atoms with Gasteiger partial charge in [0.2, 0.25) is 0 Å². The summed E-state index contributed by atoms with van der Waals surface area (Å²) in [6, 6.07) is 6.33. The lowest BCUT2D eigenvalue weighted by atomic mass is 10.0. The van der Waals surface area contributed by atoms with Crippen LogP contribution in [0.25, 0.3) is 5.57 Å². The van der Waals surface area contributed by atoms with Gasteiger partial charge < -0.3 is 0 Å². The van der Waals surface area contributed by atoms with E-state index in [1.54, 1.807) is 31.2 Å². The average Bonchev–Trinajstić information content (AvgIpc) is 2.91. The predicted molar refractivity (Wildman–Crippen MR) is 73.8 cm³/mol. The minimum Gasteiger partial charge on any atom is -0.288 e. The van der Waals surface area contributed by atoms with Crippen LogP contribution in [-0.4, -0.2) is 23.6 Å². The molecular weight excluding hydrogens is 272 g/mol. The first-order valence-electron chi connectivity index (χ1n) is 6.22. The van der Waals surface area contributed by atoms with Crippen molar-refractivity contribution >= 4 is 34.9 Å². The molecule has 3 rings (SSSR count). The van der Waals surface area contributed by atoms with Gasteiger partial charge in [-0.1, -0.05) is 12.1 Å². The zero-order valence-corrected chi connectivity index (χ0v) is 11.0. The number of anilines is 1. The molecule has 2 aliphatic heterocycles. The molecular formula is C15H10N2O4. The van der Waals surface area contributed by atoms with Crippen LogP contribution in [0.3, 0.4) is 0 Å². The van der Waals surface area contributed by atoms with E-state index in [9.17, 15) is 19.2 Å². The summed E-state index contributed by atoms with van der Waals surface area (Å²) in [5.74, 6) is -1.66. The van der Waals surface area contributed by atoms with Crippen LogP contribution in [0.2, 0.25) is 0 Å². The lowest BCUT2D eigenvalue weighted by Crippen LogP contribution is -2.29. The highest BCUT2D eigenvalue weighted by Crippen LogP contribution is 2.26. The molecule has 0 spiro atoms. The van der Waals surface area contributed by atoms with Crippen LogP contribution in [0.1, 0.15) is 12.5 Å². The average molecular weight is 282 g/mol. The van der Waals surface area contributed by atoms with Crippen LogP contribution >= 0.6 is 0 Å². The van der Waals surface area contributed by atoms with E-state index in [0.29, 0.717) is 22.4 Å². The molecule has 1 aromatic carbocycles. The lowest BCUT2D eigenvalue weighted by molar-refractivity contribution is -0.124. The maximum Gasteiger partial charge on any atom is 0.259 e. The second-order valence-corrected chi connectivity index (χ2v) is 4.68. The molecule has 0 saturated carbocycles. The summed E-state index contributed by atoms with van der Waals surface area (Å²) in [4.78, 5) is 47.3. The number of amides is 4. The fourth-order valence-electron chi connectivity index (χ4n) is 2.32. The van der Waals surface area contributed by atoms with Crippen molar-refractivity contribution in [3.05, 3.63) is 47.6 Å². The van der Waals surface area contributed by atoms with Crippen molar-refractivity contribution in [2.45, 2.75) is 6.92 Å². The van der Waals surface area contributed by atoms with Gasteiger partial charge in [-0.05, 0) is 24.6 Å². The molecule has 2 heterocycles. The molecule has 0 aliphatic carbocycles. The molecule has 0 saturated heterocycles. The Hall–Kier alpha value is -3.02. The zero-order valence-electron chi connectivity index (χ0n) is 11.0. The summed E-state index contributed by atoms with van der Waals surface area (Å²) in [5.41, 5.74) is 1.64. The van der Waals surface area contributed by atoms with Crippen molar-refractivity contribution in [2.24, 2.45) is 0 Å². The van der Waals surface area contributed by atoms with Crippen LogP contribution in [0, 0.1) is 0 Å². The summed E-state index contributed by atoms with van der Waals surface area (Å²) in [5, 5.41) is 2.22. The Morgan fingerprint density at radius 2 is 1.43 bits per heavy atom. The topological polar surface area (TPSA) is 83.6 Å². The van der Waals surface area contributed by atoms with E-state index in [4.69, 9.17) is 0 Å². The largest absolute Gasteiger partial charge is 0.288 e. The highest BCUT2D eigenvalue weighted by atomic mass is 16.2. The number of hydrogen-bond acceptors (Lipinski definition) is 4. The second-order valence-electron chi connectivity index (χ2n) is 4.68. The van der Waals surface area contributed by atoms with Crippen molar-refractivity contribution in [1.82, 2.24) is 5.32 Å². The molecule has 6 nitrogen and oxygen atoms in total. The molecule has 0 aromatic heterocycles.